The highest BCUT2D eigenvalue weighted by Gasteiger charge is 2.42. The van der Waals surface area contributed by atoms with Crippen LogP contribution in [0.4, 0.5) is 0 Å². The largest absolute Gasteiger partial charge is 0.508 e. The summed E-state index contributed by atoms with van der Waals surface area (Å²) in [5, 5.41) is 84.2. The maximum atomic E-state index is 16.1. The van der Waals surface area contributed by atoms with Crippen LogP contribution in [0.1, 0.15) is 75.3 Å². The quantitative estimate of drug-likeness (QED) is 0.0999. The molecule has 14 N–H and O–H groups in total. The van der Waals surface area contributed by atoms with E-state index in [0.29, 0.717) is 38.4 Å². The molecule has 1 saturated heterocycles. The molecule has 0 spiro atoms. The van der Waals surface area contributed by atoms with Gasteiger partial charge in [-0.25, -0.2) is 4.79 Å². The molecule has 7 aliphatic heterocycles. The molecular formula is C65H58Cl2N8O19. The number of benzene rings is 7. The van der Waals surface area contributed by atoms with Gasteiger partial charge in [-0.15, -0.1) is 0 Å². The highest BCUT2D eigenvalue weighted by atomic mass is 35.5. The van der Waals surface area contributed by atoms with Crippen LogP contribution in [-0.4, -0.2) is 136 Å². The Balaban J connectivity index is 1.10. The van der Waals surface area contributed by atoms with Crippen LogP contribution in [0.15, 0.2) is 115 Å². The van der Waals surface area contributed by atoms with Gasteiger partial charge in [0, 0.05) is 54.9 Å². The van der Waals surface area contributed by atoms with E-state index < -0.39 is 119 Å². The lowest BCUT2D eigenvalue weighted by atomic mass is 9.89. The summed E-state index contributed by atoms with van der Waals surface area (Å²) in [7, 11) is 0.981. The number of nitrogens with one attached hydrogen (secondary N) is 6. The van der Waals surface area contributed by atoms with Gasteiger partial charge in [-0.2, -0.15) is 0 Å². The first kappa shape index (κ1) is 63.6. The van der Waals surface area contributed by atoms with Crippen LogP contribution in [0.3, 0.4) is 0 Å². The number of nitrogens with zero attached hydrogens (tertiary/aromatic N) is 1. The van der Waals surface area contributed by atoms with Gasteiger partial charge in [-0.3, -0.25) is 33.7 Å². The molecular weight excluding hydrogens is 1270 g/mol. The summed E-state index contributed by atoms with van der Waals surface area (Å²) in [6, 6.07) is 10.1. The fraction of sp³-hybridized carbons (Fsp3) is 0.246. The molecule has 17 bridgehead atoms. The third-order valence-electron chi connectivity index (χ3n) is 16.4. The van der Waals surface area contributed by atoms with Crippen molar-refractivity contribution in [1.82, 2.24) is 36.8 Å². The van der Waals surface area contributed by atoms with Crippen LogP contribution in [0.5, 0.6) is 69.0 Å². The van der Waals surface area contributed by atoms with Gasteiger partial charge >= 0.3 is 5.97 Å². The maximum Gasteiger partial charge on any atom is 0.333 e. The molecule has 486 valence electrons. The van der Waals surface area contributed by atoms with Crippen LogP contribution in [0, 0.1) is 0 Å². The Bertz CT molecular complexity index is 4260. The van der Waals surface area contributed by atoms with Gasteiger partial charge in [0.05, 0.1) is 30.4 Å². The van der Waals surface area contributed by atoms with Crippen molar-refractivity contribution in [1.29, 1.82) is 0 Å². The number of aliphatic hydroxyl groups excluding tert-OH is 1. The summed E-state index contributed by atoms with van der Waals surface area (Å²) >= 11 is 14.2. The van der Waals surface area contributed by atoms with E-state index in [1.165, 1.54) is 72.8 Å². The summed E-state index contributed by atoms with van der Waals surface area (Å²) in [4.78, 5) is 107. The Kier molecular flexibility index (Phi) is 17.7. The van der Waals surface area contributed by atoms with E-state index >= 15 is 19.2 Å². The number of fused-ring (bicyclic) bond motifs is 14. The molecule has 0 aliphatic carbocycles. The lowest BCUT2D eigenvalue weighted by molar-refractivity contribution is -0.146. The van der Waals surface area contributed by atoms with E-state index in [4.69, 9.17) is 57.4 Å². The van der Waals surface area contributed by atoms with E-state index in [1.54, 1.807) is 6.07 Å². The van der Waals surface area contributed by atoms with E-state index in [9.17, 15) is 45.0 Å². The number of aliphatic hydroxyl groups is 1. The molecule has 14 rings (SSSR count). The Labute approximate surface area is 543 Å². The number of carbonyl (C=O) groups excluding carboxylic acids is 7. The van der Waals surface area contributed by atoms with Gasteiger partial charge in [0.15, 0.2) is 29.0 Å². The Morgan fingerprint density at radius 1 is 0.574 bits per heavy atom. The lowest BCUT2D eigenvalue weighted by Gasteiger charge is -2.31. The highest BCUT2D eigenvalue weighted by Crippen LogP contribution is 2.49. The third kappa shape index (κ3) is 13.0. The molecule has 0 saturated carbocycles. The van der Waals surface area contributed by atoms with Gasteiger partial charge in [-0.1, -0.05) is 47.5 Å². The summed E-state index contributed by atoms with van der Waals surface area (Å²) in [6.07, 6.45) is -2.40. The molecule has 6 amide bonds. The topological polar surface area (TPSA) is 398 Å². The Hall–Kier alpha value is -10.6. The number of amides is 6. The number of carbonyl (C=O) groups is 7. The molecule has 0 unspecified atom stereocenters. The molecule has 7 heterocycles. The minimum atomic E-state index is -2.13. The number of phenols is 5. The third-order valence-corrected chi connectivity index (χ3v) is 17.0. The fourth-order valence-electron chi connectivity index (χ4n) is 11.6. The average molecular weight is 1330 g/mol. The number of phenolic OH excluding ortho intramolecular Hbond substituents is 5. The molecule has 94 heavy (non-hydrogen) atoms. The van der Waals surface area contributed by atoms with E-state index in [2.05, 4.69) is 36.8 Å². The number of hydrogen-bond donors (Lipinski definition) is 13. The second kappa shape index (κ2) is 26.2. The van der Waals surface area contributed by atoms with Crippen molar-refractivity contribution in [2.45, 2.75) is 54.8 Å². The normalized spacial score (nSPS) is 22.2. The highest BCUT2D eigenvalue weighted by molar-refractivity contribution is 6.32. The zero-order valence-corrected chi connectivity index (χ0v) is 50.8. The zero-order chi connectivity index (χ0) is 66.4. The fourth-order valence-corrected chi connectivity index (χ4v) is 12.0. The number of methoxy groups -OCH3 is 1. The molecule has 29 heteroatoms. The van der Waals surface area contributed by atoms with E-state index in [-0.39, 0.29) is 108 Å². The molecule has 7 aromatic carbocycles. The zero-order valence-electron chi connectivity index (χ0n) is 49.3. The molecule has 27 nitrogen and oxygen atoms in total. The maximum absolute atomic E-state index is 16.1. The number of aromatic hydroxyl groups is 5. The molecule has 0 aromatic heterocycles. The molecule has 7 aromatic rings. The van der Waals surface area contributed by atoms with Crippen LogP contribution >= 0.6 is 23.2 Å². The number of nitrogens with two attached hydrogens (primary N) is 1. The standard InChI is InChI=1S/C65H58Cl2N8O19/c1-89-65(88)55-38-26-35(77)27-44(80)50(38)37-20-30(4-6-42(37)78)52-61(84)74-56(64(87)73-55)57(81)31-5-9-46(40(67)21-31)94-49-24-33-23-48(58(49)91-15-12-75-10-13-90-14-11-75)93-45-8-2-28(16-39(45)66)17-41-59(82)70-53(62(85)72-54(33)63(86)71-52)32-18-34(76)25-36(19-32)92-47-22-29(3-7-43(47)79)51(68)60(83)69-41/h2-9,16,18-27,41,51-57,76-81H,10-15,17,68H2,1H3,(H,69,83)(H,70,82)(H,71,86)(H,72,85)(H,73,87)(H,74,84)/t41-,51+,52-,53+,54-,55+,56+,57-/m1/s1. The van der Waals surface area contributed by atoms with Gasteiger partial charge in [0.25, 0.3) is 0 Å². The summed E-state index contributed by atoms with van der Waals surface area (Å²) in [5.41, 5.74) is 5.14. The molecule has 8 atom stereocenters. The Morgan fingerprint density at radius 3 is 1.87 bits per heavy atom. The first-order valence-corrected chi connectivity index (χ1v) is 30.0. The SMILES string of the molecule is COC(=O)[C@H]1NC(=O)[C@H]2NC(=O)[C@H](NC(=O)[C@@H]3NC(=O)[C@H]4NC(=O)[C@@H](Cc5ccc(c(Cl)c5)Oc5cc3cc(c5OCCN3CCOCC3)Oc3ccc(cc3Cl)[C@H]2O)NC(=O)[C@@H](N)c2ccc(O)c(c2)Oc2cc(O)cc4c2)c2ccc(O)c(c2)-c2c(O)cc(O)cc21. The van der Waals surface area contributed by atoms with Crippen molar-refractivity contribution in [3.05, 3.63) is 164 Å². The minimum Gasteiger partial charge on any atom is -0.508 e. The summed E-state index contributed by atoms with van der Waals surface area (Å²) in [5.74, 6) is -12.3. The number of ether oxygens (including phenoxy) is 6. The molecule has 1 fully saturated rings. The summed E-state index contributed by atoms with van der Waals surface area (Å²) in [6.45, 7) is 2.33. The number of halogens is 2. The van der Waals surface area contributed by atoms with E-state index in [0.717, 1.165) is 43.5 Å². The number of rotatable bonds is 5. The van der Waals surface area contributed by atoms with Crippen molar-refractivity contribution < 1.29 is 92.6 Å². The number of esters is 1. The minimum absolute atomic E-state index is 0.0361. The van der Waals surface area contributed by atoms with Crippen molar-refractivity contribution in [2.24, 2.45) is 5.73 Å². The molecule has 7 aliphatic rings. The van der Waals surface area contributed by atoms with Crippen molar-refractivity contribution in [3.63, 3.8) is 0 Å². The van der Waals surface area contributed by atoms with Crippen LogP contribution in [0.25, 0.3) is 11.1 Å². The van der Waals surface area contributed by atoms with Crippen LogP contribution in [-0.2, 0) is 49.5 Å². The number of hydrogen-bond acceptors (Lipinski definition) is 21. The van der Waals surface area contributed by atoms with Crippen LogP contribution < -0.4 is 56.6 Å². The predicted molar refractivity (Wildman–Crippen MR) is 330 cm³/mol. The van der Waals surface area contributed by atoms with Crippen molar-refractivity contribution >= 4 is 64.6 Å². The van der Waals surface area contributed by atoms with E-state index in [1.807, 2.05) is 0 Å². The van der Waals surface area contributed by atoms with Gasteiger partial charge in [0.1, 0.15) is 89.2 Å². The van der Waals surface area contributed by atoms with Gasteiger partial charge < -0.3 is 96.7 Å². The monoisotopic (exact) mass is 1320 g/mol. The number of morpholine rings is 1. The average Bonchev–Trinajstić information content (AvgIpc) is 0.777. The summed E-state index contributed by atoms with van der Waals surface area (Å²) < 4.78 is 36.6. The lowest BCUT2D eigenvalue weighted by Crippen LogP contribution is -2.55. The first-order valence-electron chi connectivity index (χ1n) is 29.2. The van der Waals surface area contributed by atoms with Gasteiger partial charge in [-0.05, 0) is 112 Å². The molecule has 0 radical (unpaired) electrons. The van der Waals surface area contributed by atoms with Crippen molar-refractivity contribution in [2.75, 3.05) is 46.6 Å². The second-order valence-corrected chi connectivity index (χ2v) is 23.4. The van der Waals surface area contributed by atoms with Crippen molar-refractivity contribution in [3.8, 4) is 80.1 Å². The van der Waals surface area contributed by atoms with Gasteiger partial charge in [0.2, 0.25) is 41.2 Å². The first-order chi connectivity index (χ1) is 45.1. The smallest absolute Gasteiger partial charge is 0.333 e. The predicted octanol–water partition coefficient (Wildman–Crippen LogP) is 5.08. The van der Waals surface area contributed by atoms with Crippen LogP contribution in [0.2, 0.25) is 10.0 Å². The Morgan fingerprint density at radius 2 is 1.18 bits per heavy atom. The second-order valence-electron chi connectivity index (χ2n) is 22.6.